The Morgan fingerprint density at radius 3 is 1.68 bits per heavy atom. The van der Waals surface area contributed by atoms with E-state index in [-0.39, 0.29) is 0 Å². The molecule has 2 aliphatic rings. The maximum Gasteiger partial charge on any atom is 0.137 e. The van der Waals surface area contributed by atoms with Gasteiger partial charge in [0.15, 0.2) is 0 Å². The van der Waals surface area contributed by atoms with Crippen LogP contribution in [0, 0.1) is 13.8 Å². The normalized spacial score (nSPS) is 20.1. The van der Waals surface area contributed by atoms with Gasteiger partial charge in [0.1, 0.15) is 12.3 Å². The van der Waals surface area contributed by atoms with Crippen LogP contribution in [0.1, 0.15) is 34.6 Å². The van der Waals surface area contributed by atoms with Crippen LogP contribution in [0.5, 0.6) is 0 Å². The van der Waals surface area contributed by atoms with Gasteiger partial charge in [-0.25, -0.2) is 0 Å². The minimum absolute atomic E-state index is 0.426. The first-order valence-electron chi connectivity index (χ1n) is 7.97. The predicted molar refractivity (Wildman–Crippen MR) is 96.0 cm³/mol. The van der Waals surface area contributed by atoms with E-state index in [1.165, 1.54) is 0 Å². The summed E-state index contributed by atoms with van der Waals surface area (Å²) in [5, 5.41) is 8.11. The number of azide groups is 2. The Morgan fingerprint density at radius 1 is 0.840 bits per heavy atom. The molecule has 2 aliphatic heterocycles. The second-order valence-corrected chi connectivity index (χ2v) is 6.36. The van der Waals surface area contributed by atoms with Crippen molar-refractivity contribution >= 4 is 11.4 Å². The van der Waals surface area contributed by atoms with Crippen LogP contribution < -0.4 is 9.80 Å². The van der Waals surface area contributed by atoms with E-state index in [9.17, 15) is 0 Å². The lowest BCUT2D eigenvalue weighted by molar-refractivity contribution is 0.509. The van der Waals surface area contributed by atoms with E-state index in [1.54, 1.807) is 0 Å². The van der Waals surface area contributed by atoms with Crippen LogP contribution in [-0.4, -0.2) is 6.67 Å². The van der Waals surface area contributed by atoms with E-state index in [1.807, 2.05) is 50.2 Å². The smallest absolute Gasteiger partial charge is 0.137 e. The Bertz CT molecular complexity index is 878. The van der Waals surface area contributed by atoms with Crippen LogP contribution in [0.15, 0.2) is 46.6 Å². The predicted octanol–water partition coefficient (Wildman–Crippen LogP) is 5.22. The van der Waals surface area contributed by atoms with E-state index < -0.39 is 12.3 Å². The molecule has 2 aromatic carbocycles. The third-order valence-corrected chi connectivity index (χ3v) is 4.76. The van der Waals surface area contributed by atoms with Gasteiger partial charge in [0, 0.05) is 32.3 Å². The monoisotopic (exact) mass is 332 g/mol. The molecule has 2 bridgehead atoms. The van der Waals surface area contributed by atoms with E-state index in [0.29, 0.717) is 6.67 Å². The van der Waals surface area contributed by atoms with Crippen LogP contribution in [0.3, 0.4) is 0 Å². The molecule has 8 heteroatoms. The molecule has 2 heterocycles. The van der Waals surface area contributed by atoms with E-state index in [4.69, 9.17) is 11.1 Å². The number of fused-ring (bicyclic) bond motifs is 6. The highest BCUT2D eigenvalue weighted by atomic mass is 15.5. The van der Waals surface area contributed by atoms with Gasteiger partial charge in [-0.2, -0.15) is 0 Å². The second kappa shape index (κ2) is 5.63. The highest BCUT2D eigenvalue weighted by molar-refractivity contribution is 5.71. The van der Waals surface area contributed by atoms with E-state index in [2.05, 4.69) is 29.9 Å². The first-order chi connectivity index (χ1) is 12.1. The largest absolute Gasteiger partial charge is 0.340 e. The molecule has 124 valence electrons. The second-order valence-electron chi connectivity index (χ2n) is 6.36. The number of nitrogens with zero attached hydrogens (tertiary/aromatic N) is 8. The number of hydrogen-bond acceptors (Lipinski definition) is 4. The zero-order valence-corrected chi connectivity index (χ0v) is 13.9. The van der Waals surface area contributed by atoms with Crippen LogP contribution in [-0.2, 0) is 0 Å². The molecule has 0 saturated heterocycles. The molecule has 25 heavy (non-hydrogen) atoms. The molecule has 0 spiro atoms. The number of aryl methyl sites for hydroxylation is 2. The lowest BCUT2D eigenvalue weighted by Crippen LogP contribution is -2.50. The van der Waals surface area contributed by atoms with Crippen molar-refractivity contribution in [3.8, 4) is 0 Å². The molecule has 0 saturated carbocycles. The lowest BCUT2D eigenvalue weighted by Gasteiger charge is -2.50. The fourth-order valence-electron chi connectivity index (χ4n) is 3.70. The van der Waals surface area contributed by atoms with Gasteiger partial charge in [0.05, 0.1) is 6.67 Å². The number of hydrogen-bond donors (Lipinski definition) is 0. The Hall–Kier alpha value is -3.34. The van der Waals surface area contributed by atoms with Crippen molar-refractivity contribution in [2.45, 2.75) is 26.2 Å². The van der Waals surface area contributed by atoms with Crippen LogP contribution >= 0.6 is 0 Å². The molecule has 0 aromatic heterocycles. The molecule has 2 atom stereocenters. The summed E-state index contributed by atoms with van der Waals surface area (Å²) in [6.07, 6.45) is -0.853. The van der Waals surface area contributed by atoms with Crippen molar-refractivity contribution in [2.75, 3.05) is 16.5 Å². The third-order valence-electron chi connectivity index (χ3n) is 4.76. The van der Waals surface area contributed by atoms with E-state index in [0.717, 1.165) is 33.6 Å². The van der Waals surface area contributed by atoms with Gasteiger partial charge >= 0.3 is 0 Å². The maximum absolute atomic E-state index is 9.09. The molecule has 0 radical (unpaired) electrons. The van der Waals surface area contributed by atoms with Crippen molar-refractivity contribution in [1.29, 1.82) is 0 Å². The van der Waals surface area contributed by atoms with E-state index >= 15 is 0 Å². The summed E-state index contributed by atoms with van der Waals surface area (Å²) in [5.41, 5.74) is 24.1. The molecular formula is C17H16N8. The summed E-state index contributed by atoms with van der Waals surface area (Å²) in [6.45, 7) is 4.51. The minimum Gasteiger partial charge on any atom is -0.340 e. The summed E-state index contributed by atoms with van der Waals surface area (Å²) in [4.78, 5) is 10.2. The number of anilines is 2. The third kappa shape index (κ3) is 2.24. The fraction of sp³-hybridized carbons (Fsp3) is 0.294. The van der Waals surface area contributed by atoms with Crippen molar-refractivity contribution in [2.24, 2.45) is 10.2 Å². The van der Waals surface area contributed by atoms with Gasteiger partial charge in [0.25, 0.3) is 0 Å². The van der Waals surface area contributed by atoms with Crippen molar-refractivity contribution in [3.63, 3.8) is 0 Å². The molecule has 0 amide bonds. The molecule has 0 N–H and O–H groups in total. The highest BCUT2D eigenvalue weighted by Gasteiger charge is 2.40. The van der Waals surface area contributed by atoms with Crippen LogP contribution in [0.2, 0.25) is 0 Å². The number of rotatable bonds is 2. The molecular weight excluding hydrogens is 316 g/mol. The summed E-state index contributed by atoms with van der Waals surface area (Å²) in [5.74, 6) is 0. The highest BCUT2D eigenvalue weighted by Crippen LogP contribution is 2.49. The molecule has 8 nitrogen and oxygen atoms in total. The Balaban J connectivity index is 2.01. The molecule has 4 rings (SSSR count). The maximum atomic E-state index is 9.09. The molecule has 2 aromatic rings. The summed E-state index contributed by atoms with van der Waals surface area (Å²) >= 11 is 0. The molecule has 2 unspecified atom stereocenters. The topological polar surface area (TPSA) is 104 Å². The van der Waals surface area contributed by atoms with Gasteiger partial charge in [-0.05, 0) is 37.0 Å². The first kappa shape index (κ1) is 15.2. The lowest BCUT2D eigenvalue weighted by atomic mass is 9.95. The van der Waals surface area contributed by atoms with Crippen LogP contribution in [0.4, 0.5) is 11.4 Å². The first-order valence-corrected chi connectivity index (χ1v) is 7.97. The fourth-order valence-corrected chi connectivity index (χ4v) is 3.70. The van der Waals surface area contributed by atoms with Crippen LogP contribution in [0.25, 0.3) is 20.9 Å². The van der Waals surface area contributed by atoms with Gasteiger partial charge in [-0.15, -0.1) is 0 Å². The zero-order chi connectivity index (χ0) is 17.6. The molecule has 0 aliphatic carbocycles. The average Bonchev–Trinajstić information content (AvgIpc) is 2.60. The van der Waals surface area contributed by atoms with Gasteiger partial charge < -0.3 is 9.80 Å². The van der Waals surface area contributed by atoms with Crippen molar-refractivity contribution < 1.29 is 0 Å². The summed E-state index contributed by atoms with van der Waals surface area (Å²) < 4.78 is 0. The average molecular weight is 332 g/mol. The zero-order valence-electron chi connectivity index (χ0n) is 13.9. The summed E-state index contributed by atoms with van der Waals surface area (Å²) in [7, 11) is 0. The van der Waals surface area contributed by atoms with Gasteiger partial charge in [-0.1, -0.05) is 45.6 Å². The van der Waals surface area contributed by atoms with Crippen molar-refractivity contribution in [1.82, 2.24) is 0 Å². The standard InChI is InChI=1S/C17H16N8/c1-10-3-5-14-12(7-10)16(20-22-18)25-9-24(14)17(21-23-19)13-8-11(2)4-6-15(13)25/h3-8,16-17H,9H2,1-2H3. The van der Waals surface area contributed by atoms with Gasteiger partial charge in [0.2, 0.25) is 0 Å². The van der Waals surface area contributed by atoms with Gasteiger partial charge in [-0.3, -0.25) is 0 Å². The summed E-state index contributed by atoms with van der Waals surface area (Å²) in [6, 6.07) is 12.1. The quantitative estimate of drug-likeness (QED) is 0.427. The Labute approximate surface area is 144 Å². The Morgan fingerprint density at radius 2 is 1.28 bits per heavy atom. The molecule has 0 fully saturated rings. The Kier molecular flexibility index (Phi) is 3.42. The minimum atomic E-state index is -0.426. The van der Waals surface area contributed by atoms with Crippen molar-refractivity contribution in [3.05, 3.63) is 79.5 Å². The number of benzene rings is 2. The SMILES string of the molecule is Cc1ccc2c(c1)C(N=[N+]=[N-])N1CN2C(N=[N+]=[N-])c2cc(C)ccc21.